The van der Waals surface area contributed by atoms with E-state index in [9.17, 15) is 4.79 Å². The molecular formula is C11H16IN3O3. The standard InChI is InChI=1S/C11H16IN3O3/c1-4-5-13-9-8(12)7(6-17-2)14-10(15-9)11(16)18-3/h4-6H2,1-3H3,(H,13,14,15). The van der Waals surface area contributed by atoms with Crippen LogP contribution in [-0.4, -0.2) is 36.7 Å². The molecule has 0 unspecified atom stereocenters. The number of anilines is 1. The van der Waals surface area contributed by atoms with E-state index in [1.165, 1.54) is 7.11 Å². The van der Waals surface area contributed by atoms with Crippen LogP contribution in [0, 0.1) is 3.57 Å². The highest BCUT2D eigenvalue weighted by molar-refractivity contribution is 14.1. The summed E-state index contributed by atoms with van der Waals surface area (Å²) in [6, 6.07) is 0. The second-order valence-corrected chi connectivity index (χ2v) is 4.59. The smallest absolute Gasteiger partial charge is 0.376 e. The number of hydrogen-bond acceptors (Lipinski definition) is 6. The number of nitrogens with one attached hydrogen (secondary N) is 1. The summed E-state index contributed by atoms with van der Waals surface area (Å²) in [6.07, 6.45) is 0.966. The number of rotatable bonds is 6. The highest BCUT2D eigenvalue weighted by Gasteiger charge is 2.17. The number of ether oxygens (including phenoxy) is 2. The van der Waals surface area contributed by atoms with Gasteiger partial charge in [-0.1, -0.05) is 6.92 Å². The molecule has 0 fully saturated rings. The third-order valence-electron chi connectivity index (χ3n) is 2.11. The van der Waals surface area contributed by atoms with Crippen LogP contribution in [0.4, 0.5) is 5.82 Å². The first kappa shape index (κ1) is 15.1. The first-order valence-electron chi connectivity index (χ1n) is 5.51. The summed E-state index contributed by atoms with van der Waals surface area (Å²) in [5.41, 5.74) is 0.673. The van der Waals surface area contributed by atoms with E-state index in [0.29, 0.717) is 18.1 Å². The third kappa shape index (κ3) is 3.77. The van der Waals surface area contributed by atoms with Gasteiger partial charge in [0, 0.05) is 13.7 Å². The van der Waals surface area contributed by atoms with Gasteiger partial charge in [-0.2, -0.15) is 0 Å². The Hall–Kier alpha value is -0.960. The molecule has 100 valence electrons. The monoisotopic (exact) mass is 365 g/mol. The van der Waals surface area contributed by atoms with Crippen LogP contribution >= 0.6 is 22.6 Å². The maximum atomic E-state index is 11.5. The number of nitrogens with zero attached hydrogens (tertiary/aromatic N) is 2. The van der Waals surface area contributed by atoms with E-state index >= 15 is 0 Å². The number of carbonyl (C=O) groups is 1. The van der Waals surface area contributed by atoms with Gasteiger partial charge in [0.15, 0.2) is 0 Å². The van der Waals surface area contributed by atoms with Crippen LogP contribution in [0.25, 0.3) is 0 Å². The summed E-state index contributed by atoms with van der Waals surface area (Å²) >= 11 is 2.14. The van der Waals surface area contributed by atoms with Gasteiger partial charge in [-0.25, -0.2) is 14.8 Å². The largest absolute Gasteiger partial charge is 0.463 e. The van der Waals surface area contributed by atoms with Gasteiger partial charge >= 0.3 is 5.97 Å². The Morgan fingerprint density at radius 1 is 1.39 bits per heavy atom. The molecule has 1 aromatic rings. The summed E-state index contributed by atoms with van der Waals surface area (Å²) in [5, 5.41) is 3.16. The topological polar surface area (TPSA) is 73.3 Å². The van der Waals surface area contributed by atoms with Gasteiger partial charge < -0.3 is 14.8 Å². The number of methoxy groups -OCH3 is 2. The average molecular weight is 365 g/mol. The van der Waals surface area contributed by atoms with E-state index in [4.69, 9.17) is 4.74 Å². The first-order valence-corrected chi connectivity index (χ1v) is 6.59. The van der Waals surface area contributed by atoms with E-state index in [2.05, 4.69) is 49.5 Å². The minimum absolute atomic E-state index is 0.0450. The van der Waals surface area contributed by atoms with Crippen LogP contribution in [0.3, 0.4) is 0 Å². The molecule has 0 aliphatic heterocycles. The molecule has 1 heterocycles. The minimum atomic E-state index is -0.552. The van der Waals surface area contributed by atoms with Crippen LogP contribution in [0.15, 0.2) is 0 Å². The van der Waals surface area contributed by atoms with E-state index in [1.54, 1.807) is 7.11 Å². The van der Waals surface area contributed by atoms with Crippen molar-refractivity contribution in [2.75, 3.05) is 26.1 Å². The zero-order chi connectivity index (χ0) is 13.5. The Kier molecular flexibility index (Phi) is 6.27. The molecule has 0 radical (unpaired) electrons. The molecule has 0 aliphatic rings. The van der Waals surface area contributed by atoms with Crippen LogP contribution in [0.5, 0.6) is 0 Å². The average Bonchev–Trinajstić information content (AvgIpc) is 2.39. The van der Waals surface area contributed by atoms with Crippen LogP contribution in [0.1, 0.15) is 29.7 Å². The Labute approximate surface area is 120 Å². The fraction of sp³-hybridized carbons (Fsp3) is 0.545. The van der Waals surface area contributed by atoms with Gasteiger partial charge in [0.1, 0.15) is 5.82 Å². The molecule has 1 N–H and O–H groups in total. The van der Waals surface area contributed by atoms with Crippen molar-refractivity contribution in [2.45, 2.75) is 20.0 Å². The van der Waals surface area contributed by atoms with Crippen LogP contribution < -0.4 is 5.32 Å². The van der Waals surface area contributed by atoms with Crippen LogP contribution in [0.2, 0.25) is 0 Å². The SMILES string of the molecule is CCCNc1nc(C(=O)OC)nc(COC)c1I. The maximum Gasteiger partial charge on any atom is 0.376 e. The Morgan fingerprint density at radius 3 is 2.67 bits per heavy atom. The van der Waals surface area contributed by atoms with Gasteiger partial charge in [-0.3, -0.25) is 0 Å². The van der Waals surface area contributed by atoms with Crippen molar-refractivity contribution < 1.29 is 14.3 Å². The van der Waals surface area contributed by atoms with E-state index < -0.39 is 5.97 Å². The Morgan fingerprint density at radius 2 is 2.11 bits per heavy atom. The number of carbonyl (C=O) groups excluding carboxylic acids is 1. The summed E-state index contributed by atoms with van der Waals surface area (Å²) in [4.78, 5) is 19.8. The number of halogens is 1. The lowest BCUT2D eigenvalue weighted by molar-refractivity contribution is 0.0585. The van der Waals surface area contributed by atoms with Crippen molar-refractivity contribution in [2.24, 2.45) is 0 Å². The van der Waals surface area contributed by atoms with Crippen LogP contribution in [-0.2, 0) is 16.1 Å². The lowest BCUT2D eigenvalue weighted by Crippen LogP contribution is -2.15. The van der Waals surface area contributed by atoms with Gasteiger partial charge in [-0.05, 0) is 29.0 Å². The minimum Gasteiger partial charge on any atom is -0.463 e. The second kappa shape index (κ2) is 7.47. The molecule has 0 aromatic carbocycles. The predicted molar refractivity (Wildman–Crippen MR) is 75.6 cm³/mol. The molecule has 0 atom stereocenters. The van der Waals surface area contributed by atoms with Crippen molar-refractivity contribution in [3.05, 3.63) is 15.1 Å². The van der Waals surface area contributed by atoms with Crippen molar-refractivity contribution in [3.8, 4) is 0 Å². The molecule has 0 saturated heterocycles. The van der Waals surface area contributed by atoms with Crippen molar-refractivity contribution in [1.82, 2.24) is 9.97 Å². The molecule has 6 nitrogen and oxygen atoms in total. The lowest BCUT2D eigenvalue weighted by atomic mass is 10.3. The quantitative estimate of drug-likeness (QED) is 0.613. The fourth-order valence-corrected chi connectivity index (χ4v) is 1.86. The number of aromatic nitrogens is 2. The zero-order valence-corrected chi connectivity index (χ0v) is 12.8. The maximum absolute atomic E-state index is 11.5. The first-order chi connectivity index (χ1) is 8.63. The normalized spacial score (nSPS) is 10.2. The van der Waals surface area contributed by atoms with E-state index in [-0.39, 0.29) is 5.82 Å². The molecule has 7 heteroatoms. The molecule has 18 heavy (non-hydrogen) atoms. The molecular weight excluding hydrogens is 349 g/mol. The molecule has 1 rings (SSSR count). The predicted octanol–water partition coefficient (Wildman–Crippen LogP) is 1.84. The van der Waals surface area contributed by atoms with Gasteiger partial charge in [-0.15, -0.1) is 0 Å². The van der Waals surface area contributed by atoms with Gasteiger partial charge in [0.05, 0.1) is 23.0 Å². The molecule has 1 aromatic heterocycles. The van der Waals surface area contributed by atoms with Crippen molar-refractivity contribution >= 4 is 34.4 Å². The van der Waals surface area contributed by atoms with Gasteiger partial charge in [0.2, 0.25) is 5.82 Å². The molecule has 0 saturated carbocycles. The Balaban J connectivity index is 3.14. The van der Waals surface area contributed by atoms with E-state index in [0.717, 1.165) is 16.5 Å². The fourth-order valence-electron chi connectivity index (χ4n) is 1.27. The summed E-state index contributed by atoms with van der Waals surface area (Å²) in [6.45, 7) is 3.16. The molecule has 0 bridgehead atoms. The van der Waals surface area contributed by atoms with Gasteiger partial charge in [0.25, 0.3) is 0 Å². The molecule has 0 aliphatic carbocycles. The molecule has 0 spiro atoms. The van der Waals surface area contributed by atoms with Crippen molar-refractivity contribution in [3.63, 3.8) is 0 Å². The molecule has 0 amide bonds. The van der Waals surface area contributed by atoms with E-state index in [1.807, 2.05) is 0 Å². The second-order valence-electron chi connectivity index (χ2n) is 3.51. The third-order valence-corrected chi connectivity index (χ3v) is 3.24. The number of esters is 1. The van der Waals surface area contributed by atoms with Crippen molar-refractivity contribution in [1.29, 1.82) is 0 Å². The lowest BCUT2D eigenvalue weighted by Gasteiger charge is -2.11. The zero-order valence-electron chi connectivity index (χ0n) is 10.6. The summed E-state index contributed by atoms with van der Waals surface area (Å²) < 4.78 is 10.6. The summed E-state index contributed by atoms with van der Waals surface area (Å²) in [5.74, 6) is 0.131. The highest BCUT2D eigenvalue weighted by Crippen LogP contribution is 2.20. The Bertz CT molecular complexity index is 426. The summed E-state index contributed by atoms with van der Waals surface area (Å²) in [7, 11) is 2.88. The highest BCUT2D eigenvalue weighted by atomic mass is 127. The number of hydrogen-bond donors (Lipinski definition) is 1.